The number of sulfonamides is 1. The second-order valence-corrected chi connectivity index (χ2v) is 8.63. The van der Waals surface area contributed by atoms with Gasteiger partial charge in [0.2, 0.25) is 10.0 Å². The first-order valence-electron chi connectivity index (χ1n) is 9.65. The molecule has 0 atom stereocenters. The molecule has 156 valence electrons. The number of hydrogen-bond donors (Lipinski definition) is 1. The average Bonchev–Trinajstić information content (AvgIpc) is 2.84. The number of hydrogen-bond acceptors (Lipinski definition) is 5. The molecular formula is C24H21N3O3S. The quantitative estimate of drug-likeness (QED) is 0.472. The summed E-state index contributed by atoms with van der Waals surface area (Å²) in [5.41, 5.74) is 4.42. The van der Waals surface area contributed by atoms with Crippen molar-refractivity contribution in [3.63, 3.8) is 0 Å². The molecule has 0 aliphatic heterocycles. The van der Waals surface area contributed by atoms with Crippen molar-refractivity contribution < 1.29 is 13.2 Å². The third kappa shape index (κ3) is 4.96. The van der Waals surface area contributed by atoms with Crippen LogP contribution in [0, 0.1) is 0 Å². The van der Waals surface area contributed by atoms with Crippen LogP contribution in [0.3, 0.4) is 0 Å². The van der Waals surface area contributed by atoms with Gasteiger partial charge in [0.15, 0.2) is 0 Å². The molecule has 2 aromatic heterocycles. The Bertz CT molecular complexity index is 1260. The van der Waals surface area contributed by atoms with Crippen LogP contribution in [0.25, 0.3) is 22.4 Å². The summed E-state index contributed by atoms with van der Waals surface area (Å²) < 4.78 is 33.3. The van der Waals surface area contributed by atoms with E-state index >= 15 is 0 Å². The molecule has 7 heteroatoms. The van der Waals surface area contributed by atoms with Crippen LogP contribution in [0.1, 0.15) is 5.56 Å². The average molecular weight is 432 g/mol. The number of benzene rings is 2. The fourth-order valence-electron chi connectivity index (χ4n) is 3.14. The lowest BCUT2D eigenvalue weighted by molar-refractivity contribution is 0.415. The Morgan fingerprint density at radius 2 is 1.45 bits per heavy atom. The summed E-state index contributed by atoms with van der Waals surface area (Å²) in [6.45, 7) is 0.170. The number of rotatable bonds is 7. The number of aromatic nitrogens is 2. The normalized spacial score (nSPS) is 11.3. The fraction of sp³-hybridized carbons (Fsp3) is 0.0833. The molecule has 4 aromatic rings. The Labute approximate surface area is 181 Å². The zero-order valence-corrected chi connectivity index (χ0v) is 17.7. The minimum atomic E-state index is -3.65. The first-order valence-corrected chi connectivity index (χ1v) is 11.1. The minimum absolute atomic E-state index is 0.170. The Kier molecular flexibility index (Phi) is 6.06. The molecule has 0 bridgehead atoms. The van der Waals surface area contributed by atoms with E-state index in [1.54, 1.807) is 56.0 Å². The lowest BCUT2D eigenvalue weighted by Gasteiger charge is -2.09. The van der Waals surface area contributed by atoms with Gasteiger partial charge in [0.05, 0.1) is 17.7 Å². The van der Waals surface area contributed by atoms with Crippen LogP contribution in [0.4, 0.5) is 0 Å². The van der Waals surface area contributed by atoms with Crippen molar-refractivity contribution in [1.29, 1.82) is 0 Å². The molecule has 0 aliphatic rings. The topological polar surface area (TPSA) is 81.2 Å². The number of methoxy groups -OCH3 is 1. The van der Waals surface area contributed by atoms with Crippen molar-refractivity contribution in [3.05, 3.63) is 97.0 Å². The molecule has 31 heavy (non-hydrogen) atoms. The Morgan fingerprint density at radius 3 is 2.10 bits per heavy atom. The zero-order valence-electron chi connectivity index (χ0n) is 16.9. The third-order valence-corrected chi connectivity index (χ3v) is 6.27. The summed E-state index contributed by atoms with van der Waals surface area (Å²) in [6.07, 6.45) is 5.06. The van der Waals surface area contributed by atoms with Gasteiger partial charge in [-0.3, -0.25) is 9.97 Å². The van der Waals surface area contributed by atoms with E-state index in [0.29, 0.717) is 0 Å². The number of ether oxygens (including phenoxy) is 1. The van der Waals surface area contributed by atoms with E-state index < -0.39 is 10.0 Å². The van der Waals surface area contributed by atoms with E-state index in [-0.39, 0.29) is 11.4 Å². The van der Waals surface area contributed by atoms with Crippen LogP contribution in [0.15, 0.2) is 96.3 Å². The van der Waals surface area contributed by atoms with Gasteiger partial charge in [-0.05, 0) is 65.2 Å². The molecule has 2 heterocycles. The van der Waals surface area contributed by atoms with E-state index in [0.717, 1.165) is 33.7 Å². The predicted molar refractivity (Wildman–Crippen MR) is 120 cm³/mol. The highest BCUT2D eigenvalue weighted by molar-refractivity contribution is 7.89. The summed E-state index contributed by atoms with van der Waals surface area (Å²) in [6, 6.07) is 21.8. The molecule has 2 aromatic carbocycles. The van der Waals surface area contributed by atoms with Crippen LogP contribution >= 0.6 is 0 Å². The van der Waals surface area contributed by atoms with Crippen molar-refractivity contribution in [2.75, 3.05) is 7.11 Å². The largest absolute Gasteiger partial charge is 0.497 e. The van der Waals surface area contributed by atoms with Crippen molar-refractivity contribution in [2.24, 2.45) is 0 Å². The molecule has 0 aliphatic carbocycles. The molecule has 0 saturated heterocycles. The molecule has 0 spiro atoms. The molecule has 0 unspecified atom stereocenters. The predicted octanol–water partition coefficient (Wildman–Crippen LogP) is 4.30. The smallest absolute Gasteiger partial charge is 0.240 e. The van der Waals surface area contributed by atoms with Gasteiger partial charge in [-0.25, -0.2) is 13.1 Å². The monoisotopic (exact) mass is 431 g/mol. The summed E-state index contributed by atoms with van der Waals surface area (Å²) in [5.74, 6) is 0.773. The first-order chi connectivity index (χ1) is 15.0. The lowest BCUT2D eigenvalue weighted by Crippen LogP contribution is -2.23. The fourth-order valence-corrected chi connectivity index (χ4v) is 4.15. The van der Waals surface area contributed by atoms with Gasteiger partial charge in [0.1, 0.15) is 5.75 Å². The zero-order chi connectivity index (χ0) is 21.7. The van der Waals surface area contributed by atoms with Gasteiger partial charge >= 0.3 is 0 Å². The first kappa shape index (κ1) is 20.7. The Morgan fingerprint density at radius 1 is 0.806 bits per heavy atom. The highest BCUT2D eigenvalue weighted by Crippen LogP contribution is 2.24. The maximum absolute atomic E-state index is 12.7. The van der Waals surface area contributed by atoms with Gasteiger partial charge in [0.25, 0.3) is 0 Å². The van der Waals surface area contributed by atoms with Crippen LogP contribution in [0.5, 0.6) is 5.75 Å². The Hall–Kier alpha value is -3.55. The standard InChI is InChI=1S/C24H21N3O3S/c1-30-22-6-2-19(3-7-22)20-4-8-23(9-5-20)31(28,29)27-17-18-10-15-26-24(16-18)21-11-13-25-14-12-21/h2-16,27H,17H2,1H3. The van der Waals surface area contributed by atoms with Crippen LogP contribution < -0.4 is 9.46 Å². The van der Waals surface area contributed by atoms with Crippen molar-refractivity contribution in [2.45, 2.75) is 11.4 Å². The molecule has 1 N–H and O–H groups in total. The van der Waals surface area contributed by atoms with Crippen LogP contribution in [0.2, 0.25) is 0 Å². The molecule has 6 nitrogen and oxygen atoms in total. The van der Waals surface area contributed by atoms with E-state index in [2.05, 4.69) is 14.7 Å². The second-order valence-electron chi connectivity index (χ2n) is 6.86. The molecule has 0 radical (unpaired) electrons. The highest BCUT2D eigenvalue weighted by atomic mass is 32.2. The third-order valence-electron chi connectivity index (χ3n) is 4.85. The molecule has 0 amide bonds. The van der Waals surface area contributed by atoms with Gasteiger partial charge < -0.3 is 4.74 Å². The Balaban J connectivity index is 1.46. The molecule has 0 saturated carbocycles. The maximum atomic E-state index is 12.7. The minimum Gasteiger partial charge on any atom is -0.497 e. The summed E-state index contributed by atoms with van der Waals surface area (Å²) in [5, 5.41) is 0. The maximum Gasteiger partial charge on any atom is 0.240 e. The lowest BCUT2D eigenvalue weighted by atomic mass is 10.1. The van der Waals surface area contributed by atoms with Crippen molar-refractivity contribution >= 4 is 10.0 Å². The summed E-state index contributed by atoms with van der Waals surface area (Å²) in [4.78, 5) is 8.57. The van der Waals surface area contributed by atoms with E-state index in [4.69, 9.17) is 4.74 Å². The van der Waals surface area contributed by atoms with E-state index in [1.165, 1.54) is 0 Å². The number of pyridine rings is 2. The van der Waals surface area contributed by atoms with Gasteiger partial charge in [-0.1, -0.05) is 24.3 Å². The van der Waals surface area contributed by atoms with Gasteiger partial charge in [0, 0.05) is 30.7 Å². The molecule has 4 rings (SSSR count). The molecular weight excluding hydrogens is 410 g/mol. The molecule has 0 fully saturated rings. The summed E-state index contributed by atoms with van der Waals surface area (Å²) >= 11 is 0. The van der Waals surface area contributed by atoms with Crippen molar-refractivity contribution in [1.82, 2.24) is 14.7 Å². The second kappa shape index (κ2) is 9.07. The van der Waals surface area contributed by atoms with Gasteiger partial charge in [-0.15, -0.1) is 0 Å². The van der Waals surface area contributed by atoms with Crippen LogP contribution in [-0.4, -0.2) is 25.5 Å². The highest BCUT2D eigenvalue weighted by Gasteiger charge is 2.14. The SMILES string of the molecule is COc1ccc(-c2ccc(S(=O)(=O)NCc3ccnc(-c4ccncc4)c3)cc2)cc1. The summed E-state index contributed by atoms with van der Waals surface area (Å²) in [7, 11) is -2.03. The van der Waals surface area contributed by atoms with Gasteiger partial charge in [-0.2, -0.15) is 0 Å². The van der Waals surface area contributed by atoms with E-state index in [9.17, 15) is 8.42 Å². The van der Waals surface area contributed by atoms with Crippen molar-refractivity contribution in [3.8, 4) is 28.1 Å². The number of nitrogens with one attached hydrogen (secondary N) is 1. The van der Waals surface area contributed by atoms with E-state index in [1.807, 2.05) is 42.5 Å². The number of nitrogens with zero attached hydrogens (tertiary/aromatic N) is 2. The van der Waals surface area contributed by atoms with Crippen LogP contribution in [-0.2, 0) is 16.6 Å².